The van der Waals surface area contributed by atoms with Crippen LogP contribution in [-0.2, 0) is 0 Å². The first-order valence-corrected chi connectivity index (χ1v) is 12.6. The van der Waals surface area contributed by atoms with Gasteiger partial charge in [0, 0.05) is 33.9 Å². The maximum absolute atomic E-state index is 6.25. The maximum atomic E-state index is 6.25. The molecule has 0 aliphatic heterocycles. The predicted octanol–water partition coefficient (Wildman–Crippen LogP) is 10.2. The van der Waals surface area contributed by atoms with Crippen molar-refractivity contribution in [2.75, 3.05) is 4.90 Å². The standard InChI is InChI=1S/C35H25NO/c1-24-7-6-10-27(21-24)26-13-16-29(17-14-26)36(30-18-15-25-8-2-3-9-28(25)22-30)31-19-20-33-32-11-4-5-12-34(32)37-35(33)23-31/h2-23H,1H3. The van der Waals surface area contributed by atoms with Crippen LogP contribution < -0.4 is 4.90 Å². The first-order chi connectivity index (χ1) is 18.2. The van der Waals surface area contributed by atoms with Crippen LogP contribution in [0.3, 0.4) is 0 Å². The minimum Gasteiger partial charge on any atom is -0.456 e. The van der Waals surface area contributed by atoms with Crippen LogP contribution in [0.1, 0.15) is 5.56 Å². The van der Waals surface area contributed by atoms with Crippen molar-refractivity contribution in [3.05, 3.63) is 139 Å². The zero-order valence-electron chi connectivity index (χ0n) is 20.6. The van der Waals surface area contributed by atoms with Gasteiger partial charge in [-0.05, 0) is 71.3 Å². The van der Waals surface area contributed by atoms with Crippen molar-refractivity contribution in [1.29, 1.82) is 0 Å². The van der Waals surface area contributed by atoms with Gasteiger partial charge in [-0.1, -0.05) is 90.5 Å². The van der Waals surface area contributed by atoms with Crippen LogP contribution in [0.5, 0.6) is 0 Å². The highest BCUT2D eigenvalue weighted by molar-refractivity contribution is 6.06. The van der Waals surface area contributed by atoms with Crippen molar-refractivity contribution in [1.82, 2.24) is 0 Å². The van der Waals surface area contributed by atoms with Gasteiger partial charge < -0.3 is 9.32 Å². The van der Waals surface area contributed by atoms with E-state index in [2.05, 4.69) is 133 Å². The topological polar surface area (TPSA) is 16.4 Å². The van der Waals surface area contributed by atoms with E-state index in [1.807, 2.05) is 12.1 Å². The summed E-state index contributed by atoms with van der Waals surface area (Å²) in [6.07, 6.45) is 0. The van der Waals surface area contributed by atoms with Crippen molar-refractivity contribution in [2.45, 2.75) is 6.92 Å². The first kappa shape index (κ1) is 21.5. The first-order valence-electron chi connectivity index (χ1n) is 12.6. The third-order valence-electron chi connectivity index (χ3n) is 7.09. The second-order valence-electron chi connectivity index (χ2n) is 9.56. The Morgan fingerprint density at radius 3 is 2.03 bits per heavy atom. The summed E-state index contributed by atoms with van der Waals surface area (Å²) in [4.78, 5) is 2.30. The van der Waals surface area contributed by atoms with E-state index in [0.29, 0.717) is 0 Å². The van der Waals surface area contributed by atoms with Crippen LogP contribution in [0, 0.1) is 6.92 Å². The summed E-state index contributed by atoms with van der Waals surface area (Å²) in [5, 5.41) is 4.72. The lowest BCUT2D eigenvalue weighted by molar-refractivity contribution is 0.669. The van der Waals surface area contributed by atoms with E-state index in [4.69, 9.17) is 4.42 Å². The monoisotopic (exact) mass is 475 g/mol. The molecule has 1 aromatic heterocycles. The molecule has 0 N–H and O–H groups in total. The van der Waals surface area contributed by atoms with E-state index in [1.54, 1.807) is 0 Å². The lowest BCUT2D eigenvalue weighted by Crippen LogP contribution is -2.09. The molecular formula is C35H25NO. The summed E-state index contributed by atoms with van der Waals surface area (Å²) >= 11 is 0. The summed E-state index contributed by atoms with van der Waals surface area (Å²) in [6.45, 7) is 2.13. The SMILES string of the molecule is Cc1cccc(-c2ccc(N(c3ccc4ccccc4c3)c3ccc4c(c3)oc3ccccc34)cc2)c1. The van der Waals surface area contributed by atoms with E-state index < -0.39 is 0 Å². The Kier molecular flexibility index (Phi) is 5.04. The van der Waals surface area contributed by atoms with Crippen LogP contribution >= 0.6 is 0 Å². The fourth-order valence-electron chi connectivity index (χ4n) is 5.24. The quantitative estimate of drug-likeness (QED) is 0.252. The van der Waals surface area contributed by atoms with Crippen LogP contribution in [0.15, 0.2) is 138 Å². The normalized spacial score (nSPS) is 11.4. The highest BCUT2D eigenvalue weighted by atomic mass is 16.3. The molecule has 37 heavy (non-hydrogen) atoms. The number of rotatable bonds is 4. The number of aryl methyl sites for hydroxylation is 1. The molecule has 0 spiro atoms. The summed E-state index contributed by atoms with van der Waals surface area (Å²) in [7, 11) is 0. The third kappa shape index (κ3) is 3.84. The van der Waals surface area contributed by atoms with Gasteiger partial charge >= 0.3 is 0 Å². The average Bonchev–Trinajstić information content (AvgIpc) is 3.31. The van der Waals surface area contributed by atoms with Crippen molar-refractivity contribution < 1.29 is 4.42 Å². The molecule has 176 valence electrons. The minimum absolute atomic E-state index is 0.890. The molecule has 0 bridgehead atoms. The maximum Gasteiger partial charge on any atom is 0.137 e. The molecule has 0 unspecified atom stereocenters. The molecule has 0 saturated heterocycles. The molecule has 0 radical (unpaired) electrons. The fourth-order valence-corrected chi connectivity index (χ4v) is 5.24. The van der Waals surface area contributed by atoms with Crippen LogP contribution in [0.25, 0.3) is 43.8 Å². The summed E-state index contributed by atoms with van der Waals surface area (Å²) in [6, 6.07) is 47.3. The largest absolute Gasteiger partial charge is 0.456 e. The van der Waals surface area contributed by atoms with Gasteiger partial charge in [0.1, 0.15) is 11.2 Å². The van der Waals surface area contributed by atoms with Crippen molar-refractivity contribution in [2.24, 2.45) is 0 Å². The summed E-state index contributed by atoms with van der Waals surface area (Å²) < 4.78 is 6.25. The van der Waals surface area contributed by atoms with E-state index >= 15 is 0 Å². The van der Waals surface area contributed by atoms with Gasteiger partial charge in [0.2, 0.25) is 0 Å². The van der Waals surface area contributed by atoms with Crippen molar-refractivity contribution in [3.63, 3.8) is 0 Å². The molecule has 0 amide bonds. The molecule has 0 aliphatic rings. The van der Waals surface area contributed by atoms with Gasteiger partial charge in [0.05, 0.1) is 0 Å². The molecule has 6 aromatic carbocycles. The van der Waals surface area contributed by atoms with E-state index in [9.17, 15) is 0 Å². The van der Waals surface area contributed by atoms with Gasteiger partial charge in [-0.3, -0.25) is 0 Å². The van der Waals surface area contributed by atoms with Gasteiger partial charge in [-0.25, -0.2) is 0 Å². The molecule has 2 nitrogen and oxygen atoms in total. The van der Waals surface area contributed by atoms with Crippen LogP contribution in [0.2, 0.25) is 0 Å². The number of para-hydroxylation sites is 1. The molecule has 1 heterocycles. The summed E-state index contributed by atoms with van der Waals surface area (Å²) in [5.41, 5.74) is 8.77. The van der Waals surface area contributed by atoms with Gasteiger partial charge in [-0.15, -0.1) is 0 Å². The van der Waals surface area contributed by atoms with E-state index in [0.717, 1.165) is 39.0 Å². The Bertz CT molecular complexity index is 1900. The molecule has 2 heteroatoms. The van der Waals surface area contributed by atoms with Gasteiger partial charge in [-0.2, -0.15) is 0 Å². The number of fused-ring (bicyclic) bond motifs is 4. The Balaban J connectivity index is 1.39. The number of benzene rings is 6. The molecule has 0 atom stereocenters. The number of furan rings is 1. The Morgan fingerprint density at radius 1 is 0.459 bits per heavy atom. The van der Waals surface area contributed by atoms with Gasteiger partial charge in [0.15, 0.2) is 0 Å². The molecule has 0 aliphatic carbocycles. The Labute approximate surface area is 216 Å². The predicted molar refractivity (Wildman–Crippen MR) is 156 cm³/mol. The number of hydrogen-bond donors (Lipinski definition) is 0. The van der Waals surface area contributed by atoms with Crippen molar-refractivity contribution in [3.8, 4) is 11.1 Å². The highest BCUT2D eigenvalue weighted by Crippen LogP contribution is 2.39. The zero-order chi connectivity index (χ0) is 24.8. The molecule has 0 saturated carbocycles. The van der Waals surface area contributed by atoms with E-state index in [1.165, 1.54) is 27.5 Å². The molecule has 0 fully saturated rings. The number of anilines is 3. The number of hydrogen-bond acceptors (Lipinski definition) is 2. The second kappa shape index (κ2) is 8.69. The van der Waals surface area contributed by atoms with Crippen LogP contribution in [-0.4, -0.2) is 0 Å². The highest BCUT2D eigenvalue weighted by Gasteiger charge is 2.16. The van der Waals surface area contributed by atoms with Crippen molar-refractivity contribution >= 4 is 49.8 Å². The lowest BCUT2D eigenvalue weighted by atomic mass is 10.0. The summed E-state index contributed by atoms with van der Waals surface area (Å²) in [5.74, 6) is 0. The third-order valence-corrected chi connectivity index (χ3v) is 7.09. The van der Waals surface area contributed by atoms with Gasteiger partial charge in [0.25, 0.3) is 0 Å². The second-order valence-corrected chi connectivity index (χ2v) is 9.56. The minimum atomic E-state index is 0.890. The fraction of sp³-hybridized carbons (Fsp3) is 0.0286. The molecule has 7 aromatic rings. The average molecular weight is 476 g/mol. The zero-order valence-corrected chi connectivity index (χ0v) is 20.6. The van der Waals surface area contributed by atoms with Crippen LogP contribution in [0.4, 0.5) is 17.1 Å². The Morgan fingerprint density at radius 2 is 1.16 bits per heavy atom. The van der Waals surface area contributed by atoms with E-state index in [-0.39, 0.29) is 0 Å². The number of nitrogens with zero attached hydrogens (tertiary/aromatic N) is 1. The Hall–Kier alpha value is -4.82. The lowest BCUT2D eigenvalue weighted by Gasteiger charge is -2.26. The molecular weight excluding hydrogens is 450 g/mol. The molecule has 7 rings (SSSR count). The smallest absolute Gasteiger partial charge is 0.137 e.